The molecule has 106 valence electrons. The van der Waals surface area contributed by atoms with Crippen LogP contribution in [0, 0.1) is 0 Å². The summed E-state index contributed by atoms with van der Waals surface area (Å²) in [5.74, 6) is 0. The summed E-state index contributed by atoms with van der Waals surface area (Å²) in [5.41, 5.74) is 1.35. The van der Waals surface area contributed by atoms with Crippen LogP contribution in [-0.2, 0) is 6.54 Å². The van der Waals surface area contributed by atoms with Crippen molar-refractivity contribution in [2.75, 3.05) is 19.6 Å². The van der Waals surface area contributed by atoms with Crippen LogP contribution in [0.4, 0.5) is 0 Å². The molecule has 3 heterocycles. The molecule has 2 atom stereocenters. The number of rotatable bonds is 5. The molecule has 2 aliphatic rings. The summed E-state index contributed by atoms with van der Waals surface area (Å²) in [4.78, 5) is 7.05. The van der Waals surface area contributed by atoms with Gasteiger partial charge in [-0.15, -0.1) is 0 Å². The van der Waals surface area contributed by atoms with E-state index in [-0.39, 0.29) is 0 Å². The Balaban J connectivity index is 1.63. The molecule has 3 rings (SSSR count). The molecule has 0 saturated carbocycles. The third-order valence-corrected chi connectivity index (χ3v) is 4.67. The first-order chi connectivity index (χ1) is 9.38. The molecular formula is C15H26N4. The predicted molar refractivity (Wildman–Crippen MR) is 77.1 cm³/mol. The zero-order valence-electron chi connectivity index (χ0n) is 12.0. The largest absolute Gasteiger partial charge is 0.330 e. The van der Waals surface area contributed by atoms with E-state index < -0.39 is 0 Å². The zero-order chi connectivity index (χ0) is 13.1. The fourth-order valence-electron chi connectivity index (χ4n) is 3.65. The predicted octanol–water partition coefficient (Wildman–Crippen LogP) is 2.18. The molecule has 1 aromatic rings. The minimum atomic E-state index is 0.667. The standard InChI is InChI=1S/C15H26N4/c1-2-6-16-10-15-11-17-12-19(15)14-5-8-18-7-3-4-13(18)9-14/h11-14,16H,2-10H2,1H3. The van der Waals surface area contributed by atoms with Crippen molar-refractivity contribution in [1.82, 2.24) is 19.8 Å². The van der Waals surface area contributed by atoms with Crippen LogP contribution in [-0.4, -0.2) is 40.1 Å². The molecule has 19 heavy (non-hydrogen) atoms. The lowest BCUT2D eigenvalue weighted by Crippen LogP contribution is -2.39. The van der Waals surface area contributed by atoms with E-state index >= 15 is 0 Å². The average molecular weight is 262 g/mol. The summed E-state index contributed by atoms with van der Waals surface area (Å²) in [5, 5.41) is 3.49. The number of imidazole rings is 1. The van der Waals surface area contributed by atoms with E-state index in [9.17, 15) is 0 Å². The number of fused-ring (bicyclic) bond motifs is 1. The Labute approximate surface area is 116 Å². The first-order valence-electron chi connectivity index (χ1n) is 7.84. The molecule has 0 aromatic carbocycles. The number of aromatic nitrogens is 2. The summed E-state index contributed by atoms with van der Waals surface area (Å²) in [7, 11) is 0. The lowest BCUT2D eigenvalue weighted by atomic mass is 9.97. The minimum Gasteiger partial charge on any atom is -0.330 e. The topological polar surface area (TPSA) is 33.1 Å². The Kier molecular flexibility index (Phi) is 4.18. The van der Waals surface area contributed by atoms with Gasteiger partial charge in [-0.2, -0.15) is 0 Å². The van der Waals surface area contributed by atoms with Gasteiger partial charge >= 0.3 is 0 Å². The average Bonchev–Trinajstić information content (AvgIpc) is 3.06. The second kappa shape index (κ2) is 6.06. The minimum absolute atomic E-state index is 0.667. The molecule has 1 N–H and O–H groups in total. The van der Waals surface area contributed by atoms with Gasteiger partial charge in [-0.05, 0) is 45.2 Å². The molecule has 1 aromatic heterocycles. The van der Waals surface area contributed by atoms with Crippen LogP contribution in [0.5, 0.6) is 0 Å². The number of hydrogen-bond donors (Lipinski definition) is 1. The maximum absolute atomic E-state index is 4.37. The van der Waals surface area contributed by atoms with Gasteiger partial charge in [-0.3, -0.25) is 0 Å². The first-order valence-corrected chi connectivity index (χ1v) is 7.84. The molecule has 2 unspecified atom stereocenters. The summed E-state index contributed by atoms with van der Waals surface area (Å²) in [6.07, 6.45) is 10.7. The van der Waals surface area contributed by atoms with Gasteiger partial charge in [0.25, 0.3) is 0 Å². The van der Waals surface area contributed by atoms with Crippen molar-refractivity contribution in [3.63, 3.8) is 0 Å². The monoisotopic (exact) mass is 262 g/mol. The second-order valence-corrected chi connectivity index (χ2v) is 5.98. The lowest BCUT2D eigenvalue weighted by molar-refractivity contribution is 0.154. The molecule has 0 amide bonds. The maximum atomic E-state index is 4.37. The molecule has 0 aliphatic carbocycles. The van der Waals surface area contributed by atoms with Gasteiger partial charge in [0.05, 0.1) is 12.0 Å². The fourth-order valence-corrected chi connectivity index (χ4v) is 3.65. The smallest absolute Gasteiger partial charge is 0.0951 e. The molecule has 2 saturated heterocycles. The Hall–Kier alpha value is -0.870. The highest BCUT2D eigenvalue weighted by atomic mass is 15.2. The van der Waals surface area contributed by atoms with E-state index in [0.717, 1.165) is 19.1 Å². The highest BCUT2D eigenvalue weighted by Crippen LogP contribution is 2.33. The summed E-state index contributed by atoms with van der Waals surface area (Å²) in [6, 6.07) is 1.50. The highest BCUT2D eigenvalue weighted by molar-refractivity contribution is 5.02. The summed E-state index contributed by atoms with van der Waals surface area (Å²) in [6.45, 7) is 6.85. The lowest BCUT2D eigenvalue weighted by Gasteiger charge is -2.36. The van der Waals surface area contributed by atoms with Crippen LogP contribution in [0.25, 0.3) is 0 Å². The van der Waals surface area contributed by atoms with Crippen molar-refractivity contribution < 1.29 is 0 Å². The second-order valence-electron chi connectivity index (χ2n) is 5.98. The summed E-state index contributed by atoms with van der Waals surface area (Å²) >= 11 is 0. The number of piperidine rings is 1. The fraction of sp³-hybridized carbons (Fsp3) is 0.800. The van der Waals surface area contributed by atoms with Gasteiger partial charge in [-0.25, -0.2) is 4.98 Å². The van der Waals surface area contributed by atoms with Gasteiger partial charge < -0.3 is 14.8 Å². The maximum Gasteiger partial charge on any atom is 0.0951 e. The highest BCUT2D eigenvalue weighted by Gasteiger charge is 2.32. The third-order valence-electron chi connectivity index (χ3n) is 4.67. The molecule has 0 spiro atoms. The molecule has 0 bridgehead atoms. The molecule has 0 radical (unpaired) electrons. The number of nitrogens with zero attached hydrogens (tertiary/aromatic N) is 3. The van der Waals surface area contributed by atoms with Gasteiger partial charge in [-0.1, -0.05) is 6.92 Å². The van der Waals surface area contributed by atoms with Crippen LogP contribution < -0.4 is 5.32 Å². The Morgan fingerprint density at radius 3 is 3.16 bits per heavy atom. The van der Waals surface area contributed by atoms with Crippen molar-refractivity contribution >= 4 is 0 Å². The van der Waals surface area contributed by atoms with E-state index in [0.29, 0.717) is 6.04 Å². The van der Waals surface area contributed by atoms with Gasteiger partial charge in [0.1, 0.15) is 0 Å². The number of hydrogen-bond acceptors (Lipinski definition) is 3. The quantitative estimate of drug-likeness (QED) is 0.826. The van der Waals surface area contributed by atoms with Gasteiger partial charge in [0.2, 0.25) is 0 Å². The molecule has 2 fully saturated rings. The van der Waals surface area contributed by atoms with Crippen molar-refractivity contribution in [1.29, 1.82) is 0 Å². The van der Waals surface area contributed by atoms with Crippen LogP contribution in [0.2, 0.25) is 0 Å². The van der Waals surface area contributed by atoms with Crippen LogP contribution in [0.1, 0.15) is 50.8 Å². The molecular weight excluding hydrogens is 236 g/mol. The van der Waals surface area contributed by atoms with Crippen molar-refractivity contribution in [3.8, 4) is 0 Å². The van der Waals surface area contributed by atoms with Crippen molar-refractivity contribution in [3.05, 3.63) is 18.2 Å². The summed E-state index contributed by atoms with van der Waals surface area (Å²) < 4.78 is 2.43. The molecule has 2 aliphatic heterocycles. The van der Waals surface area contributed by atoms with E-state index in [1.165, 1.54) is 50.9 Å². The Morgan fingerprint density at radius 2 is 2.26 bits per heavy atom. The Morgan fingerprint density at radius 1 is 1.32 bits per heavy atom. The Bertz CT molecular complexity index is 401. The van der Waals surface area contributed by atoms with E-state index in [4.69, 9.17) is 0 Å². The van der Waals surface area contributed by atoms with Crippen LogP contribution >= 0.6 is 0 Å². The van der Waals surface area contributed by atoms with Crippen molar-refractivity contribution in [2.24, 2.45) is 0 Å². The van der Waals surface area contributed by atoms with Crippen molar-refractivity contribution in [2.45, 2.75) is 57.7 Å². The normalized spacial score (nSPS) is 27.6. The van der Waals surface area contributed by atoms with Crippen LogP contribution in [0.3, 0.4) is 0 Å². The van der Waals surface area contributed by atoms with Gasteiger partial charge in [0, 0.05) is 31.4 Å². The number of nitrogens with one attached hydrogen (secondary N) is 1. The van der Waals surface area contributed by atoms with E-state index in [1.54, 1.807) is 0 Å². The third kappa shape index (κ3) is 2.84. The van der Waals surface area contributed by atoms with E-state index in [1.807, 2.05) is 12.5 Å². The molecule has 4 nitrogen and oxygen atoms in total. The van der Waals surface area contributed by atoms with E-state index in [2.05, 4.69) is 26.7 Å². The first kappa shape index (κ1) is 13.1. The molecule has 4 heteroatoms. The van der Waals surface area contributed by atoms with Crippen LogP contribution in [0.15, 0.2) is 12.5 Å². The zero-order valence-corrected chi connectivity index (χ0v) is 12.0. The van der Waals surface area contributed by atoms with Gasteiger partial charge in [0.15, 0.2) is 0 Å². The SMILES string of the molecule is CCCNCc1cncn1C1CCN2CCCC2C1.